The Bertz CT molecular complexity index is 967. The lowest BCUT2D eigenvalue weighted by atomic mass is 9.75. The number of ether oxygens (including phenoxy) is 2. The van der Waals surface area contributed by atoms with Crippen LogP contribution in [0.25, 0.3) is 0 Å². The molecule has 2 rings (SSSR count). The first kappa shape index (κ1) is 26.0. The van der Waals surface area contributed by atoms with Crippen LogP contribution in [0, 0.1) is 16.0 Å². The zero-order chi connectivity index (χ0) is 24.4. The van der Waals surface area contributed by atoms with E-state index in [9.17, 15) is 28.9 Å². The van der Waals surface area contributed by atoms with Crippen molar-refractivity contribution in [2.24, 2.45) is 10.9 Å². The normalized spacial score (nSPS) is 17.7. The van der Waals surface area contributed by atoms with E-state index in [2.05, 4.69) is 10.3 Å². The van der Waals surface area contributed by atoms with Gasteiger partial charge in [-0.1, -0.05) is 12.1 Å². The van der Waals surface area contributed by atoms with Gasteiger partial charge in [0.15, 0.2) is 0 Å². The van der Waals surface area contributed by atoms with Gasteiger partial charge in [0.05, 0.1) is 35.6 Å². The first-order chi connectivity index (χ1) is 15.9. The van der Waals surface area contributed by atoms with Crippen molar-refractivity contribution in [1.29, 1.82) is 0 Å². The second-order valence-corrected chi connectivity index (χ2v) is 7.88. The molecule has 178 valence electrons. The number of alkyl halides is 1. The van der Waals surface area contributed by atoms with Gasteiger partial charge in [0.1, 0.15) is 12.6 Å². The lowest BCUT2D eigenvalue weighted by molar-refractivity contribution is -0.384. The molecule has 1 aromatic carbocycles. The maximum atomic E-state index is 14.0. The fourth-order valence-electron chi connectivity index (χ4n) is 3.47. The average Bonchev–Trinajstić information content (AvgIpc) is 2.82. The monoisotopic (exact) mass is 481 g/mol. The van der Waals surface area contributed by atoms with Gasteiger partial charge in [-0.2, -0.15) is 11.8 Å². The number of nitrogens with zero attached hydrogens (tertiary/aromatic N) is 2. The summed E-state index contributed by atoms with van der Waals surface area (Å²) in [6, 6.07) is 5.45. The number of nitrogens with one attached hydrogen (secondary N) is 1. The molecule has 12 heteroatoms. The van der Waals surface area contributed by atoms with E-state index in [0.29, 0.717) is 18.7 Å². The number of thioether (sulfide) groups is 1. The van der Waals surface area contributed by atoms with Crippen LogP contribution in [0.4, 0.5) is 10.1 Å². The third-order valence-electron chi connectivity index (χ3n) is 4.83. The number of hydrogen-bond acceptors (Lipinski definition) is 9. The number of halogens is 1. The number of aliphatic imine (C=N–C) groups is 1. The molecule has 2 unspecified atom stereocenters. The molecule has 0 aromatic heterocycles. The number of carbonyl (C=O) groups excluding carboxylic acids is 3. The highest BCUT2D eigenvalue weighted by Gasteiger charge is 2.44. The predicted octanol–water partition coefficient (Wildman–Crippen LogP) is 2.19. The van der Waals surface area contributed by atoms with Gasteiger partial charge in [0.2, 0.25) is 6.41 Å². The van der Waals surface area contributed by atoms with Crippen LogP contribution in [0.15, 0.2) is 40.5 Å². The zero-order valence-electron chi connectivity index (χ0n) is 18.1. The molecule has 1 aliphatic heterocycles. The molecule has 10 nitrogen and oxygen atoms in total. The molecule has 0 fully saturated rings. The van der Waals surface area contributed by atoms with Crippen LogP contribution in [0.2, 0.25) is 0 Å². The minimum atomic E-state index is -1.30. The van der Waals surface area contributed by atoms with Crippen LogP contribution < -0.4 is 5.32 Å². The first-order valence-corrected chi connectivity index (χ1v) is 11.2. The van der Waals surface area contributed by atoms with Crippen LogP contribution in [-0.4, -0.2) is 67.4 Å². The van der Waals surface area contributed by atoms with E-state index < -0.39 is 35.4 Å². The fraction of sp³-hybridized carbons (Fsp3) is 0.429. The summed E-state index contributed by atoms with van der Waals surface area (Å²) in [6.07, 6.45) is 0.559. The summed E-state index contributed by atoms with van der Waals surface area (Å²) in [5, 5.41) is 13.8. The lowest BCUT2D eigenvalue weighted by Crippen LogP contribution is -2.38. The van der Waals surface area contributed by atoms with Gasteiger partial charge in [0, 0.05) is 36.1 Å². The van der Waals surface area contributed by atoms with E-state index in [1.165, 1.54) is 36.0 Å². The Morgan fingerprint density at radius 1 is 1.39 bits per heavy atom. The maximum Gasteiger partial charge on any atom is 0.336 e. The van der Waals surface area contributed by atoms with Crippen molar-refractivity contribution in [2.75, 3.05) is 38.4 Å². The fourth-order valence-corrected chi connectivity index (χ4v) is 4.29. The van der Waals surface area contributed by atoms with Gasteiger partial charge in [-0.05, 0) is 12.5 Å². The van der Waals surface area contributed by atoms with Crippen molar-refractivity contribution in [2.45, 2.75) is 12.8 Å². The number of rotatable bonds is 12. The molecule has 0 saturated heterocycles. The topological polar surface area (TPSA) is 137 Å². The van der Waals surface area contributed by atoms with Crippen molar-refractivity contribution in [3.8, 4) is 0 Å². The molecular formula is C21H24FN3O7S. The number of esters is 2. The molecule has 2 atom stereocenters. The summed E-state index contributed by atoms with van der Waals surface area (Å²) in [7, 11) is 1.13. The SMILES string of the molecule is CCOC(=O)C1=C(CSCCNC=O)N=C(CF)C(C(=O)OC)C1c1cccc([N+](=O)[O-])c1. The molecular weight excluding hydrogens is 457 g/mol. The van der Waals surface area contributed by atoms with Crippen LogP contribution in [0.3, 0.4) is 0 Å². The highest BCUT2D eigenvalue weighted by atomic mass is 32.2. The molecule has 1 N–H and O–H groups in total. The predicted molar refractivity (Wildman–Crippen MR) is 120 cm³/mol. The van der Waals surface area contributed by atoms with Crippen molar-refractivity contribution >= 4 is 41.5 Å². The van der Waals surface area contributed by atoms with Crippen molar-refractivity contribution in [1.82, 2.24) is 5.32 Å². The summed E-state index contributed by atoms with van der Waals surface area (Å²) in [6.45, 7) is 0.935. The molecule has 1 amide bonds. The zero-order valence-corrected chi connectivity index (χ0v) is 18.9. The van der Waals surface area contributed by atoms with E-state index in [1.54, 1.807) is 6.92 Å². The molecule has 33 heavy (non-hydrogen) atoms. The largest absolute Gasteiger partial charge is 0.468 e. The van der Waals surface area contributed by atoms with Gasteiger partial charge in [-0.25, -0.2) is 9.18 Å². The number of nitro groups is 1. The van der Waals surface area contributed by atoms with Crippen molar-refractivity contribution in [3.05, 3.63) is 51.2 Å². The Morgan fingerprint density at radius 3 is 2.76 bits per heavy atom. The van der Waals surface area contributed by atoms with Crippen molar-refractivity contribution in [3.63, 3.8) is 0 Å². The van der Waals surface area contributed by atoms with E-state index in [0.717, 1.165) is 7.11 Å². The summed E-state index contributed by atoms with van der Waals surface area (Å²) >= 11 is 1.33. The number of non-ortho nitro benzene ring substituents is 1. The molecule has 0 saturated carbocycles. The molecule has 1 aliphatic rings. The number of amides is 1. The Balaban J connectivity index is 2.66. The number of nitro benzene ring substituents is 1. The van der Waals surface area contributed by atoms with E-state index in [1.807, 2.05) is 0 Å². The molecule has 0 radical (unpaired) electrons. The lowest BCUT2D eigenvalue weighted by Gasteiger charge is -2.32. The van der Waals surface area contributed by atoms with Gasteiger partial charge in [-0.3, -0.25) is 24.7 Å². The van der Waals surface area contributed by atoms with Gasteiger partial charge in [-0.15, -0.1) is 0 Å². The van der Waals surface area contributed by atoms with Crippen LogP contribution in [0.5, 0.6) is 0 Å². The Hall–Kier alpha value is -3.28. The van der Waals surface area contributed by atoms with Gasteiger partial charge in [0.25, 0.3) is 5.69 Å². The molecule has 0 spiro atoms. The van der Waals surface area contributed by atoms with E-state index >= 15 is 0 Å². The summed E-state index contributed by atoms with van der Waals surface area (Å²) < 4.78 is 24.1. The van der Waals surface area contributed by atoms with Crippen LogP contribution >= 0.6 is 11.8 Å². The number of benzene rings is 1. The smallest absolute Gasteiger partial charge is 0.336 e. The first-order valence-electron chi connectivity index (χ1n) is 10.00. The van der Waals surface area contributed by atoms with Crippen molar-refractivity contribution < 1.29 is 33.2 Å². The van der Waals surface area contributed by atoms with Crippen LogP contribution in [0.1, 0.15) is 18.4 Å². The molecule has 0 aliphatic carbocycles. The maximum absolute atomic E-state index is 14.0. The number of hydrogen-bond donors (Lipinski definition) is 1. The quantitative estimate of drug-likeness (QED) is 0.158. The van der Waals surface area contributed by atoms with E-state index in [-0.39, 0.29) is 40.6 Å². The Labute approximate surface area is 193 Å². The minimum absolute atomic E-state index is 0.0146. The minimum Gasteiger partial charge on any atom is -0.468 e. The summed E-state index contributed by atoms with van der Waals surface area (Å²) in [5.41, 5.74) is 0.0794. The average molecular weight is 482 g/mol. The summed E-state index contributed by atoms with van der Waals surface area (Å²) in [5.74, 6) is -3.33. The van der Waals surface area contributed by atoms with Crippen LogP contribution in [-0.2, 0) is 23.9 Å². The van der Waals surface area contributed by atoms with Gasteiger partial charge >= 0.3 is 11.9 Å². The highest BCUT2D eigenvalue weighted by molar-refractivity contribution is 7.99. The third kappa shape index (κ3) is 6.37. The third-order valence-corrected chi connectivity index (χ3v) is 5.80. The standard InChI is InChI=1S/C21H24FN3O7S/c1-3-32-21(28)19-16(11-33-8-7-23-12-26)24-15(10-22)18(20(27)31-2)17(19)13-5-4-6-14(9-13)25(29)30/h4-6,9,12,17-18H,3,7-8,10-11H2,1-2H3,(H,23,26). The van der Waals surface area contributed by atoms with E-state index in [4.69, 9.17) is 9.47 Å². The molecule has 1 heterocycles. The number of carbonyl (C=O) groups is 3. The van der Waals surface area contributed by atoms with Gasteiger partial charge < -0.3 is 14.8 Å². The molecule has 0 bridgehead atoms. The second-order valence-electron chi connectivity index (χ2n) is 6.77. The Kier molecular flexibility index (Phi) is 9.98. The number of methoxy groups -OCH3 is 1. The molecule has 1 aromatic rings. The summed E-state index contributed by atoms with van der Waals surface area (Å²) in [4.78, 5) is 51.1. The highest BCUT2D eigenvalue weighted by Crippen LogP contribution is 2.41. The Morgan fingerprint density at radius 2 is 2.15 bits per heavy atom. The second kappa shape index (κ2) is 12.7.